The molecule has 3 aromatic carbocycles. The van der Waals surface area contributed by atoms with E-state index in [1.54, 1.807) is 42.5 Å². The highest BCUT2D eigenvalue weighted by atomic mass is 19.1. The highest BCUT2D eigenvalue weighted by Gasteiger charge is 2.19. The minimum atomic E-state index is -0.843. The van der Waals surface area contributed by atoms with Crippen LogP contribution >= 0.6 is 0 Å². The molecule has 0 N–H and O–H groups in total. The molecule has 11 nitrogen and oxygen atoms in total. The average molecular weight is 602 g/mol. The zero-order valence-corrected chi connectivity index (χ0v) is 23.3. The van der Waals surface area contributed by atoms with E-state index in [0.717, 1.165) is 15.2 Å². The SMILES string of the molecule is C.CCCOc1cc(=O)n(CC(=O)c2ccc(OC)cc2)c(=O)n1Cc1ccc(-c2ccccc2-c2noc([O-])n2)cc1F. The Bertz CT molecular complexity index is 1890. The fraction of sp³-hybridized carbons (Fsp3) is 0.219. The smallest absolute Gasteiger partial charge is 0.334 e. The van der Waals surface area contributed by atoms with E-state index in [2.05, 4.69) is 14.7 Å². The van der Waals surface area contributed by atoms with Gasteiger partial charge in [0.25, 0.3) is 5.56 Å². The van der Waals surface area contributed by atoms with Gasteiger partial charge < -0.3 is 19.1 Å². The molecule has 0 unspecified atom stereocenters. The molecular weight excluding hydrogens is 571 g/mol. The van der Waals surface area contributed by atoms with E-state index in [0.29, 0.717) is 34.4 Å². The first-order chi connectivity index (χ1) is 20.8. The molecule has 0 saturated carbocycles. The van der Waals surface area contributed by atoms with Crippen molar-refractivity contribution in [2.75, 3.05) is 13.7 Å². The van der Waals surface area contributed by atoms with Crippen molar-refractivity contribution < 1.29 is 28.3 Å². The van der Waals surface area contributed by atoms with Crippen LogP contribution in [-0.4, -0.2) is 38.8 Å². The molecule has 0 aliphatic rings. The number of carbonyl (C=O) groups excluding carboxylic acids is 1. The maximum absolute atomic E-state index is 15.6. The number of hydrogen-bond acceptors (Lipinski definition) is 9. The lowest BCUT2D eigenvalue weighted by molar-refractivity contribution is -0.303. The summed E-state index contributed by atoms with van der Waals surface area (Å²) in [5, 5.41) is 15.1. The molecule has 228 valence electrons. The van der Waals surface area contributed by atoms with Gasteiger partial charge in [0.1, 0.15) is 11.6 Å². The number of ether oxygens (including phenoxy) is 2. The molecule has 0 radical (unpaired) electrons. The Kier molecular flexibility index (Phi) is 9.74. The third kappa shape index (κ3) is 6.59. The van der Waals surface area contributed by atoms with E-state index in [9.17, 15) is 19.5 Å². The second kappa shape index (κ2) is 13.6. The highest BCUT2D eigenvalue weighted by Crippen LogP contribution is 2.32. The zero-order valence-electron chi connectivity index (χ0n) is 23.3. The Balaban J connectivity index is 0.00000442. The van der Waals surface area contributed by atoms with Crippen molar-refractivity contribution in [3.63, 3.8) is 0 Å². The Hall–Kier alpha value is -5.52. The van der Waals surface area contributed by atoms with Crippen LogP contribution in [0.15, 0.2) is 86.9 Å². The van der Waals surface area contributed by atoms with Crippen LogP contribution in [0, 0.1) is 5.82 Å². The van der Waals surface area contributed by atoms with Crippen LogP contribution in [0.1, 0.15) is 36.7 Å². The monoisotopic (exact) mass is 601 g/mol. The molecule has 0 fully saturated rings. The number of benzene rings is 3. The topological polar surface area (TPSA) is 142 Å². The number of aromatic nitrogens is 4. The second-order valence-corrected chi connectivity index (χ2v) is 9.51. The molecule has 0 aliphatic heterocycles. The van der Waals surface area contributed by atoms with Crippen molar-refractivity contribution in [1.82, 2.24) is 19.3 Å². The lowest BCUT2D eigenvalue weighted by Crippen LogP contribution is -2.42. The van der Waals surface area contributed by atoms with Crippen LogP contribution in [0.4, 0.5) is 4.39 Å². The predicted octanol–water partition coefficient (Wildman–Crippen LogP) is 4.30. The van der Waals surface area contributed by atoms with Crippen molar-refractivity contribution in [2.24, 2.45) is 0 Å². The van der Waals surface area contributed by atoms with Gasteiger partial charge in [0.2, 0.25) is 5.88 Å². The second-order valence-electron chi connectivity index (χ2n) is 9.51. The number of nitrogens with zero attached hydrogens (tertiary/aromatic N) is 4. The molecule has 0 spiro atoms. The van der Waals surface area contributed by atoms with Crippen molar-refractivity contribution in [1.29, 1.82) is 0 Å². The van der Waals surface area contributed by atoms with Crippen LogP contribution < -0.4 is 25.8 Å². The summed E-state index contributed by atoms with van der Waals surface area (Å²) < 4.78 is 32.8. The maximum Gasteiger partial charge on any atom is 0.334 e. The van der Waals surface area contributed by atoms with Gasteiger partial charge in [-0.25, -0.2) is 14.2 Å². The number of rotatable bonds is 11. The third-order valence-corrected chi connectivity index (χ3v) is 6.68. The number of carbonyl (C=O) groups is 1. The van der Waals surface area contributed by atoms with Gasteiger partial charge >= 0.3 is 5.69 Å². The predicted molar refractivity (Wildman–Crippen MR) is 158 cm³/mol. The fourth-order valence-corrected chi connectivity index (χ4v) is 4.49. The van der Waals surface area contributed by atoms with Crippen molar-refractivity contribution in [3.8, 4) is 40.2 Å². The summed E-state index contributed by atoms with van der Waals surface area (Å²) >= 11 is 0. The number of Topliss-reactive ketones (excluding diaryl/α,β-unsaturated/α-hetero) is 1. The molecule has 0 amide bonds. The summed E-state index contributed by atoms with van der Waals surface area (Å²) in [7, 11) is 1.50. The van der Waals surface area contributed by atoms with Gasteiger partial charge in [-0.15, -0.1) is 0 Å². The molecule has 5 rings (SSSR count). The van der Waals surface area contributed by atoms with Crippen molar-refractivity contribution in [3.05, 3.63) is 111 Å². The molecule has 2 aromatic heterocycles. The van der Waals surface area contributed by atoms with E-state index in [1.807, 2.05) is 6.92 Å². The Morgan fingerprint density at radius 1 is 1.00 bits per heavy atom. The third-order valence-electron chi connectivity index (χ3n) is 6.68. The van der Waals surface area contributed by atoms with Crippen molar-refractivity contribution in [2.45, 2.75) is 33.9 Å². The lowest BCUT2D eigenvalue weighted by Gasteiger charge is -2.16. The molecule has 12 heteroatoms. The molecule has 2 heterocycles. The van der Waals surface area contributed by atoms with Gasteiger partial charge in [-0.05, 0) is 47.9 Å². The summed E-state index contributed by atoms with van der Waals surface area (Å²) in [6.07, 6.45) is -0.242. The largest absolute Gasteiger partial charge is 0.528 e. The summed E-state index contributed by atoms with van der Waals surface area (Å²) in [6, 6.07) is 18.7. The lowest BCUT2D eigenvalue weighted by atomic mass is 9.98. The first-order valence-electron chi connectivity index (χ1n) is 13.3. The Labute approximate surface area is 251 Å². The Morgan fingerprint density at radius 2 is 1.73 bits per heavy atom. The zero-order chi connectivity index (χ0) is 30.5. The van der Waals surface area contributed by atoms with E-state index >= 15 is 4.39 Å². The minimum Gasteiger partial charge on any atom is -0.528 e. The van der Waals surface area contributed by atoms with Crippen LogP contribution in [-0.2, 0) is 13.1 Å². The molecule has 0 bridgehead atoms. The number of ketones is 1. The fourth-order valence-electron chi connectivity index (χ4n) is 4.49. The molecule has 0 atom stereocenters. The van der Waals surface area contributed by atoms with Gasteiger partial charge in [-0.1, -0.05) is 50.7 Å². The molecule has 0 saturated heterocycles. The number of methoxy groups -OCH3 is 1. The van der Waals surface area contributed by atoms with Crippen LogP contribution in [0.2, 0.25) is 0 Å². The first kappa shape index (κ1) is 31.4. The molecular formula is C32H30FN4O7-. The van der Waals surface area contributed by atoms with E-state index < -0.39 is 35.5 Å². The van der Waals surface area contributed by atoms with Gasteiger partial charge in [0.05, 0.1) is 32.9 Å². The maximum atomic E-state index is 15.6. The number of hydrogen-bond donors (Lipinski definition) is 0. The number of halogens is 1. The quantitative estimate of drug-likeness (QED) is 0.203. The average Bonchev–Trinajstić information content (AvgIpc) is 3.46. The van der Waals surface area contributed by atoms with Gasteiger partial charge in [0.15, 0.2) is 17.7 Å². The van der Waals surface area contributed by atoms with E-state index in [1.165, 1.54) is 31.4 Å². The van der Waals surface area contributed by atoms with Crippen LogP contribution in [0.5, 0.6) is 17.7 Å². The molecule has 5 aromatic rings. The standard InChI is InChI=1S/C31H27FN4O7.CH4/c1-3-14-42-28-16-27(38)35(18-26(37)19-10-12-22(41-2)13-11-19)31(40)36(28)17-21-9-8-20(15-25(21)32)23-6-4-5-7-24(23)29-33-30(39)43-34-29;/h4-13,15-16H,3,14,17-18H2,1-2H3,(H,33,34,39);1H4/p-1. The summed E-state index contributed by atoms with van der Waals surface area (Å²) in [5.41, 5.74) is 0.393. The van der Waals surface area contributed by atoms with Gasteiger partial charge in [-0.3, -0.25) is 18.7 Å². The van der Waals surface area contributed by atoms with E-state index in [4.69, 9.17) is 9.47 Å². The van der Waals surface area contributed by atoms with Gasteiger partial charge in [-0.2, -0.15) is 5.16 Å². The minimum absolute atomic E-state index is 0. The van der Waals surface area contributed by atoms with Crippen LogP contribution in [0.3, 0.4) is 0 Å². The van der Waals surface area contributed by atoms with Crippen LogP contribution in [0.25, 0.3) is 22.5 Å². The Morgan fingerprint density at radius 3 is 2.36 bits per heavy atom. The van der Waals surface area contributed by atoms with E-state index in [-0.39, 0.29) is 37.8 Å². The summed E-state index contributed by atoms with van der Waals surface area (Å²) in [6.45, 7) is 1.29. The first-order valence-corrected chi connectivity index (χ1v) is 13.3. The molecule has 0 aliphatic carbocycles. The van der Waals surface area contributed by atoms with Crippen molar-refractivity contribution >= 4 is 5.78 Å². The molecule has 44 heavy (non-hydrogen) atoms. The summed E-state index contributed by atoms with van der Waals surface area (Å²) in [5.74, 6) is -0.512. The summed E-state index contributed by atoms with van der Waals surface area (Å²) in [4.78, 5) is 43.1. The normalized spacial score (nSPS) is 10.7. The highest BCUT2D eigenvalue weighted by molar-refractivity contribution is 5.96. The van der Waals surface area contributed by atoms with Gasteiger partial charge in [0, 0.05) is 16.7 Å².